The number of likely N-dealkylation sites (N-methyl/N-ethyl adjacent to an activating group) is 1. The van der Waals surface area contributed by atoms with Crippen molar-refractivity contribution in [1.29, 1.82) is 0 Å². The van der Waals surface area contributed by atoms with Gasteiger partial charge in [-0.05, 0) is 27.3 Å². The summed E-state index contributed by atoms with van der Waals surface area (Å²) >= 11 is 0. The van der Waals surface area contributed by atoms with E-state index in [4.69, 9.17) is 9.73 Å². The summed E-state index contributed by atoms with van der Waals surface area (Å²) in [5, 5.41) is 15.2. The Morgan fingerprint density at radius 2 is 2.20 bits per heavy atom. The van der Waals surface area contributed by atoms with E-state index in [1.807, 2.05) is 18.5 Å². The van der Waals surface area contributed by atoms with E-state index >= 15 is 0 Å². The molecule has 0 aromatic carbocycles. The summed E-state index contributed by atoms with van der Waals surface area (Å²) in [7, 11) is 4.10. The molecule has 2 rings (SSSR count). The number of morpholine rings is 1. The van der Waals surface area contributed by atoms with Gasteiger partial charge in [0.1, 0.15) is 12.4 Å². The molecule has 0 amide bonds. The standard InChI is InChI=1S/C17H33N7O/c1-6-7-8-18-17(19-11-16-22-21-14(3)24(16)5)20-13(2)15-12-23(4)9-10-25-15/h13,15H,6-12H2,1-5H3,(H2,18,19,20). The van der Waals surface area contributed by atoms with Crippen molar-refractivity contribution in [2.75, 3.05) is 33.3 Å². The molecule has 25 heavy (non-hydrogen) atoms. The molecule has 1 fully saturated rings. The fraction of sp³-hybridized carbons (Fsp3) is 0.824. The van der Waals surface area contributed by atoms with Crippen molar-refractivity contribution in [1.82, 2.24) is 30.3 Å². The van der Waals surface area contributed by atoms with Crippen molar-refractivity contribution in [2.24, 2.45) is 12.0 Å². The number of nitrogens with one attached hydrogen (secondary N) is 2. The van der Waals surface area contributed by atoms with Crippen molar-refractivity contribution in [2.45, 2.75) is 52.3 Å². The molecule has 1 aliphatic rings. The van der Waals surface area contributed by atoms with Crippen LogP contribution in [-0.4, -0.2) is 71.1 Å². The highest BCUT2D eigenvalue weighted by molar-refractivity contribution is 5.80. The molecule has 8 nitrogen and oxygen atoms in total. The first kappa shape index (κ1) is 19.7. The molecular weight excluding hydrogens is 318 g/mol. The molecule has 0 spiro atoms. The molecule has 0 bridgehead atoms. The van der Waals surface area contributed by atoms with Crippen LogP contribution >= 0.6 is 0 Å². The van der Waals surface area contributed by atoms with Gasteiger partial charge in [0, 0.05) is 26.7 Å². The van der Waals surface area contributed by atoms with E-state index < -0.39 is 0 Å². The molecule has 8 heteroatoms. The van der Waals surface area contributed by atoms with Gasteiger partial charge in [0.2, 0.25) is 0 Å². The van der Waals surface area contributed by atoms with Gasteiger partial charge in [-0.15, -0.1) is 10.2 Å². The topological polar surface area (TPSA) is 79.6 Å². The van der Waals surface area contributed by atoms with Gasteiger partial charge in [-0.3, -0.25) is 0 Å². The summed E-state index contributed by atoms with van der Waals surface area (Å²) in [5.41, 5.74) is 0. The van der Waals surface area contributed by atoms with Gasteiger partial charge in [-0.1, -0.05) is 13.3 Å². The molecule has 2 atom stereocenters. The van der Waals surface area contributed by atoms with Crippen LogP contribution in [0.2, 0.25) is 0 Å². The summed E-state index contributed by atoms with van der Waals surface area (Å²) in [6.45, 7) is 10.4. The van der Waals surface area contributed by atoms with Crippen LogP contribution < -0.4 is 10.6 Å². The molecule has 1 aromatic heterocycles. The third-order valence-electron chi connectivity index (χ3n) is 4.60. The van der Waals surface area contributed by atoms with Crippen molar-refractivity contribution >= 4 is 5.96 Å². The zero-order valence-corrected chi connectivity index (χ0v) is 16.2. The minimum atomic E-state index is 0.161. The number of aryl methyl sites for hydroxylation is 1. The highest BCUT2D eigenvalue weighted by atomic mass is 16.5. The molecule has 2 heterocycles. The van der Waals surface area contributed by atoms with Gasteiger partial charge in [-0.2, -0.15) is 0 Å². The van der Waals surface area contributed by atoms with E-state index in [9.17, 15) is 0 Å². The van der Waals surface area contributed by atoms with E-state index in [0.29, 0.717) is 6.54 Å². The maximum Gasteiger partial charge on any atom is 0.192 e. The second kappa shape index (κ2) is 9.72. The Hall–Kier alpha value is -1.67. The Morgan fingerprint density at radius 1 is 1.40 bits per heavy atom. The number of aliphatic imine (C=N–C) groups is 1. The molecule has 0 aliphatic carbocycles. The maximum absolute atomic E-state index is 5.91. The van der Waals surface area contributed by atoms with Crippen LogP contribution in [0.4, 0.5) is 0 Å². The number of rotatable bonds is 7. The summed E-state index contributed by atoms with van der Waals surface area (Å²) in [5.74, 6) is 2.56. The Bertz CT molecular complexity index is 557. The SMILES string of the molecule is CCCCNC(=NCc1nnc(C)n1C)NC(C)C1CN(C)CCO1. The van der Waals surface area contributed by atoms with E-state index in [-0.39, 0.29) is 12.1 Å². The van der Waals surface area contributed by atoms with Crippen LogP contribution in [0.1, 0.15) is 38.3 Å². The van der Waals surface area contributed by atoms with E-state index in [1.165, 1.54) is 0 Å². The Morgan fingerprint density at radius 3 is 2.84 bits per heavy atom. The number of hydrogen-bond acceptors (Lipinski definition) is 5. The summed E-state index contributed by atoms with van der Waals surface area (Å²) in [6.07, 6.45) is 2.42. The molecule has 2 unspecified atom stereocenters. The quantitative estimate of drug-likeness (QED) is 0.427. The largest absolute Gasteiger partial charge is 0.373 e. The first-order chi connectivity index (χ1) is 12.0. The fourth-order valence-corrected chi connectivity index (χ4v) is 2.70. The van der Waals surface area contributed by atoms with Crippen molar-refractivity contribution in [3.05, 3.63) is 11.6 Å². The Labute approximate surface area is 151 Å². The number of unbranched alkanes of at least 4 members (excludes halogenated alkanes) is 1. The number of nitrogens with zero attached hydrogens (tertiary/aromatic N) is 5. The highest BCUT2D eigenvalue weighted by Gasteiger charge is 2.24. The predicted octanol–water partition coefficient (Wildman–Crippen LogP) is 0.678. The Kier molecular flexibility index (Phi) is 7.64. The van der Waals surface area contributed by atoms with Crippen LogP contribution in [0, 0.1) is 6.92 Å². The minimum absolute atomic E-state index is 0.161. The highest BCUT2D eigenvalue weighted by Crippen LogP contribution is 2.07. The third-order valence-corrected chi connectivity index (χ3v) is 4.60. The van der Waals surface area contributed by atoms with Gasteiger partial charge in [0.15, 0.2) is 11.8 Å². The molecular formula is C17H33N7O. The average Bonchev–Trinajstić information content (AvgIpc) is 2.91. The molecule has 1 saturated heterocycles. The summed E-state index contributed by atoms with van der Waals surface area (Å²) in [4.78, 5) is 7.00. The maximum atomic E-state index is 5.91. The normalized spacial score (nSPS) is 20.5. The molecule has 2 N–H and O–H groups in total. The van der Waals surface area contributed by atoms with Crippen LogP contribution in [0.25, 0.3) is 0 Å². The van der Waals surface area contributed by atoms with Crippen LogP contribution in [0.15, 0.2) is 4.99 Å². The molecule has 1 aromatic rings. The van der Waals surface area contributed by atoms with Crippen LogP contribution in [0.5, 0.6) is 0 Å². The fourth-order valence-electron chi connectivity index (χ4n) is 2.70. The van der Waals surface area contributed by atoms with Gasteiger partial charge in [-0.25, -0.2) is 4.99 Å². The van der Waals surface area contributed by atoms with Gasteiger partial charge >= 0.3 is 0 Å². The molecule has 1 aliphatic heterocycles. The van der Waals surface area contributed by atoms with Crippen molar-refractivity contribution < 1.29 is 4.74 Å². The lowest BCUT2D eigenvalue weighted by Crippen LogP contribution is -2.53. The zero-order chi connectivity index (χ0) is 18.2. The average molecular weight is 351 g/mol. The van der Waals surface area contributed by atoms with E-state index in [0.717, 1.165) is 56.7 Å². The second-order valence-electron chi connectivity index (χ2n) is 6.77. The van der Waals surface area contributed by atoms with Crippen LogP contribution in [0.3, 0.4) is 0 Å². The lowest BCUT2D eigenvalue weighted by molar-refractivity contribution is -0.0324. The number of guanidine groups is 1. The first-order valence-corrected chi connectivity index (χ1v) is 9.21. The van der Waals surface area contributed by atoms with E-state index in [1.54, 1.807) is 0 Å². The Balaban J connectivity index is 1.98. The molecule has 142 valence electrons. The number of aromatic nitrogens is 3. The van der Waals surface area contributed by atoms with E-state index in [2.05, 4.69) is 46.6 Å². The summed E-state index contributed by atoms with van der Waals surface area (Å²) in [6, 6.07) is 0.178. The zero-order valence-electron chi connectivity index (χ0n) is 16.2. The summed E-state index contributed by atoms with van der Waals surface area (Å²) < 4.78 is 7.88. The van der Waals surface area contributed by atoms with Crippen molar-refractivity contribution in [3.8, 4) is 0 Å². The van der Waals surface area contributed by atoms with Crippen molar-refractivity contribution in [3.63, 3.8) is 0 Å². The number of ether oxygens (including phenoxy) is 1. The van der Waals surface area contributed by atoms with Crippen LogP contribution in [-0.2, 0) is 18.3 Å². The van der Waals surface area contributed by atoms with Gasteiger partial charge in [0.05, 0.1) is 18.8 Å². The predicted molar refractivity (Wildman–Crippen MR) is 99.6 cm³/mol. The molecule has 0 saturated carbocycles. The first-order valence-electron chi connectivity index (χ1n) is 9.21. The third kappa shape index (κ3) is 5.97. The monoisotopic (exact) mass is 351 g/mol. The lowest BCUT2D eigenvalue weighted by atomic mass is 10.1. The van der Waals surface area contributed by atoms with Gasteiger partial charge in [0.25, 0.3) is 0 Å². The molecule has 0 radical (unpaired) electrons. The smallest absolute Gasteiger partial charge is 0.192 e. The lowest BCUT2D eigenvalue weighted by Gasteiger charge is -2.34. The second-order valence-corrected chi connectivity index (χ2v) is 6.77. The van der Waals surface area contributed by atoms with Gasteiger partial charge < -0.3 is 24.8 Å². The minimum Gasteiger partial charge on any atom is -0.373 e. The number of hydrogen-bond donors (Lipinski definition) is 2.